The highest BCUT2D eigenvalue weighted by Crippen LogP contribution is 2.27. The van der Waals surface area contributed by atoms with E-state index in [1.165, 1.54) is 36.9 Å². The molecule has 1 aromatic heterocycles. The molecule has 2 aliphatic rings. The fraction of sp³-hybridized carbons (Fsp3) is 0.600. The van der Waals surface area contributed by atoms with Crippen molar-refractivity contribution >= 4 is 0 Å². The molecular formula is C20H28N4O2. The minimum Gasteiger partial charge on any atom is -0.493 e. The lowest BCUT2D eigenvalue weighted by molar-refractivity contribution is 0.200. The van der Waals surface area contributed by atoms with E-state index in [1.807, 2.05) is 6.92 Å². The van der Waals surface area contributed by atoms with Crippen LogP contribution < -0.4 is 4.74 Å². The van der Waals surface area contributed by atoms with Crippen molar-refractivity contribution in [3.8, 4) is 5.75 Å². The van der Waals surface area contributed by atoms with Gasteiger partial charge in [0.15, 0.2) is 5.82 Å². The van der Waals surface area contributed by atoms with Crippen LogP contribution in [0.15, 0.2) is 22.7 Å². The number of hydrogen-bond acceptors (Lipinski definition) is 6. The molecule has 0 bridgehead atoms. The van der Waals surface area contributed by atoms with Crippen LogP contribution in [0.5, 0.6) is 5.75 Å². The third-order valence-corrected chi connectivity index (χ3v) is 5.53. The van der Waals surface area contributed by atoms with Gasteiger partial charge in [-0.05, 0) is 56.6 Å². The van der Waals surface area contributed by atoms with Crippen molar-refractivity contribution in [2.75, 3.05) is 26.7 Å². The van der Waals surface area contributed by atoms with Gasteiger partial charge in [0.25, 0.3) is 0 Å². The average molecular weight is 356 g/mol. The number of aryl methyl sites for hydroxylation is 1. The molecule has 2 aliphatic heterocycles. The molecule has 1 fully saturated rings. The summed E-state index contributed by atoms with van der Waals surface area (Å²) in [5, 5.41) is 4.02. The van der Waals surface area contributed by atoms with Crippen molar-refractivity contribution in [2.45, 2.75) is 51.7 Å². The van der Waals surface area contributed by atoms with Gasteiger partial charge in [-0.25, -0.2) is 0 Å². The SMILES string of the molecule is Cc1nc(CN(C)C2CCCN(Cc3ccc4c(c3)CCO4)CC2)no1. The number of ether oxygens (including phenoxy) is 1. The maximum atomic E-state index is 5.62. The summed E-state index contributed by atoms with van der Waals surface area (Å²) >= 11 is 0. The van der Waals surface area contributed by atoms with Gasteiger partial charge in [-0.15, -0.1) is 0 Å². The quantitative estimate of drug-likeness (QED) is 0.821. The lowest BCUT2D eigenvalue weighted by atomic mass is 10.1. The smallest absolute Gasteiger partial charge is 0.223 e. The molecule has 1 saturated heterocycles. The molecule has 140 valence electrons. The molecule has 6 heteroatoms. The van der Waals surface area contributed by atoms with Crippen LogP contribution in [-0.4, -0.2) is 52.7 Å². The molecule has 1 aromatic carbocycles. The van der Waals surface area contributed by atoms with Crippen molar-refractivity contribution in [3.63, 3.8) is 0 Å². The van der Waals surface area contributed by atoms with Crippen LogP contribution in [0, 0.1) is 6.92 Å². The molecule has 0 radical (unpaired) electrons. The third-order valence-electron chi connectivity index (χ3n) is 5.53. The van der Waals surface area contributed by atoms with E-state index in [-0.39, 0.29) is 0 Å². The van der Waals surface area contributed by atoms with Gasteiger partial charge in [0, 0.05) is 25.9 Å². The van der Waals surface area contributed by atoms with Crippen LogP contribution in [-0.2, 0) is 19.5 Å². The normalized spacial score (nSPS) is 20.8. The van der Waals surface area contributed by atoms with Crippen molar-refractivity contribution in [1.82, 2.24) is 19.9 Å². The Morgan fingerprint density at radius 2 is 2.19 bits per heavy atom. The van der Waals surface area contributed by atoms with Crippen LogP contribution in [0.4, 0.5) is 0 Å². The molecule has 6 nitrogen and oxygen atoms in total. The minimum absolute atomic E-state index is 0.576. The van der Waals surface area contributed by atoms with Gasteiger partial charge in [-0.1, -0.05) is 17.3 Å². The molecule has 4 rings (SSSR count). The number of likely N-dealkylation sites (tertiary alicyclic amines) is 1. The molecule has 1 atom stereocenters. The predicted octanol–water partition coefficient (Wildman–Crippen LogP) is 2.80. The topological polar surface area (TPSA) is 54.6 Å². The summed E-state index contributed by atoms with van der Waals surface area (Å²) in [5.41, 5.74) is 2.77. The predicted molar refractivity (Wildman–Crippen MR) is 99.1 cm³/mol. The Kier molecular flexibility index (Phi) is 5.22. The van der Waals surface area contributed by atoms with Crippen molar-refractivity contribution < 1.29 is 9.26 Å². The summed E-state index contributed by atoms with van der Waals surface area (Å²) in [5.74, 6) is 2.50. The van der Waals surface area contributed by atoms with E-state index in [9.17, 15) is 0 Å². The second-order valence-corrected chi connectivity index (χ2v) is 7.55. The first kappa shape index (κ1) is 17.5. The van der Waals surface area contributed by atoms with E-state index in [0.29, 0.717) is 11.9 Å². The highest BCUT2D eigenvalue weighted by Gasteiger charge is 2.22. The molecule has 0 amide bonds. The Hall–Kier alpha value is -1.92. The van der Waals surface area contributed by atoms with Crippen molar-refractivity contribution in [1.29, 1.82) is 0 Å². The number of hydrogen-bond donors (Lipinski definition) is 0. The van der Waals surface area contributed by atoms with Gasteiger partial charge in [-0.2, -0.15) is 4.98 Å². The van der Waals surface area contributed by atoms with Gasteiger partial charge >= 0.3 is 0 Å². The summed E-state index contributed by atoms with van der Waals surface area (Å²) in [4.78, 5) is 9.29. The minimum atomic E-state index is 0.576. The number of rotatable bonds is 5. The van der Waals surface area contributed by atoms with Crippen LogP contribution in [0.2, 0.25) is 0 Å². The first-order valence-electron chi connectivity index (χ1n) is 9.64. The fourth-order valence-corrected chi connectivity index (χ4v) is 4.09. The summed E-state index contributed by atoms with van der Waals surface area (Å²) < 4.78 is 10.7. The zero-order valence-electron chi connectivity index (χ0n) is 15.8. The highest BCUT2D eigenvalue weighted by atomic mass is 16.5. The summed E-state index contributed by atoms with van der Waals surface area (Å²) in [6, 6.07) is 7.26. The Bertz CT molecular complexity index is 745. The second-order valence-electron chi connectivity index (χ2n) is 7.55. The lowest BCUT2D eigenvalue weighted by Gasteiger charge is -2.26. The highest BCUT2D eigenvalue weighted by molar-refractivity contribution is 5.39. The third kappa shape index (κ3) is 4.07. The second kappa shape index (κ2) is 7.76. The maximum Gasteiger partial charge on any atom is 0.223 e. The van der Waals surface area contributed by atoms with Gasteiger partial charge in [0.1, 0.15) is 5.75 Å². The van der Waals surface area contributed by atoms with Gasteiger partial charge in [-0.3, -0.25) is 9.80 Å². The van der Waals surface area contributed by atoms with Crippen LogP contribution in [0.3, 0.4) is 0 Å². The van der Waals surface area contributed by atoms with E-state index in [0.717, 1.165) is 44.2 Å². The lowest BCUT2D eigenvalue weighted by Crippen LogP contribution is -2.33. The largest absolute Gasteiger partial charge is 0.493 e. The van der Waals surface area contributed by atoms with Crippen molar-refractivity contribution in [3.05, 3.63) is 41.0 Å². The molecule has 0 N–H and O–H groups in total. The molecule has 2 aromatic rings. The molecular weight excluding hydrogens is 328 g/mol. The van der Waals surface area contributed by atoms with E-state index < -0.39 is 0 Å². The average Bonchev–Trinajstić information content (AvgIpc) is 3.18. The van der Waals surface area contributed by atoms with Gasteiger partial charge in [0.05, 0.1) is 13.2 Å². The standard InChI is InChI=1S/C20H28N4O2/c1-15-21-20(22-26-15)14-23(2)18-4-3-9-24(10-7-18)13-16-5-6-19-17(12-16)8-11-25-19/h5-6,12,18H,3-4,7-11,13-14H2,1-2H3. The molecule has 0 spiro atoms. The number of nitrogens with zero attached hydrogens (tertiary/aromatic N) is 4. The number of benzene rings is 1. The van der Waals surface area contributed by atoms with Gasteiger partial charge in [0.2, 0.25) is 5.89 Å². The molecule has 26 heavy (non-hydrogen) atoms. The van der Waals surface area contributed by atoms with E-state index in [1.54, 1.807) is 0 Å². The van der Waals surface area contributed by atoms with Crippen molar-refractivity contribution in [2.24, 2.45) is 0 Å². The Labute approximate surface area is 155 Å². The van der Waals surface area contributed by atoms with E-state index in [4.69, 9.17) is 9.26 Å². The van der Waals surface area contributed by atoms with Crippen LogP contribution >= 0.6 is 0 Å². The Balaban J connectivity index is 1.31. The summed E-state index contributed by atoms with van der Waals surface area (Å²) in [7, 11) is 2.17. The first-order valence-corrected chi connectivity index (χ1v) is 9.64. The molecule has 0 aliphatic carbocycles. The Morgan fingerprint density at radius 1 is 1.27 bits per heavy atom. The summed E-state index contributed by atoms with van der Waals surface area (Å²) in [6.45, 7) is 6.76. The Morgan fingerprint density at radius 3 is 3.04 bits per heavy atom. The first-order chi connectivity index (χ1) is 12.7. The molecule has 0 saturated carbocycles. The number of fused-ring (bicyclic) bond motifs is 1. The summed E-state index contributed by atoms with van der Waals surface area (Å²) in [6.07, 6.45) is 4.68. The van der Waals surface area contributed by atoms with E-state index >= 15 is 0 Å². The molecule has 1 unspecified atom stereocenters. The zero-order chi connectivity index (χ0) is 17.9. The van der Waals surface area contributed by atoms with Crippen LogP contribution in [0.25, 0.3) is 0 Å². The van der Waals surface area contributed by atoms with E-state index in [2.05, 4.69) is 45.2 Å². The zero-order valence-corrected chi connectivity index (χ0v) is 15.8. The fourth-order valence-electron chi connectivity index (χ4n) is 4.09. The van der Waals surface area contributed by atoms with Gasteiger partial charge < -0.3 is 9.26 Å². The molecule has 3 heterocycles. The van der Waals surface area contributed by atoms with Crippen LogP contribution in [0.1, 0.15) is 42.1 Å². The monoisotopic (exact) mass is 356 g/mol. The number of aromatic nitrogens is 2. The maximum absolute atomic E-state index is 5.62.